The van der Waals surface area contributed by atoms with Crippen LogP contribution < -0.4 is 0 Å². The molecule has 17 heavy (non-hydrogen) atoms. The van der Waals surface area contributed by atoms with Crippen molar-refractivity contribution in [3.05, 3.63) is 48.0 Å². The summed E-state index contributed by atoms with van der Waals surface area (Å²) in [4.78, 5) is 12.4. The van der Waals surface area contributed by atoms with Crippen LogP contribution in [-0.2, 0) is 0 Å². The molecule has 0 aromatic carbocycles. The standard InChI is InChI=1S/C12H10N4S/c1-9-3-6-14-10(7-9)11(8-13)17-12-15-4-2-5-16-12/h2-7,11H,1H3. The van der Waals surface area contributed by atoms with E-state index in [0.717, 1.165) is 11.3 Å². The lowest BCUT2D eigenvalue weighted by atomic mass is 10.2. The minimum atomic E-state index is -0.378. The molecule has 0 bridgehead atoms. The predicted molar refractivity (Wildman–Crippen MR) is 65.2 cm³/mol. The maximum absolute atomic E-state index is 9.17. The summed E-state index contributed by atoms with van der Waals surface area (Å²) >= 11 is 1.30. The molecule has 4 nitrogen and oxygen atoms in total. The summed E-state index contributed by atoms with van der Waals surface area (Å²) in [5, 5.41) is 9.37. The molecule has 0 saturated carbocycles. The van der Waals surface area contributed by atoms with E-state index in [2.05, 4.69) is 21.0 Å². The van der Waals surface area contributed by atoms with Gasteiger partial charge >= 0.3 is 0 Å². The topological polar surface area (TPSA) is 62.5 Å². The second kappa shape index (κ2) is 5.41. The van der Waals surface area contributed by atoms with Crippen LogP contribution in [0.1, 0.15) is 16.5 Å². The summed E-state index contributed by atoms with van der Waals surface area (Å²) in [6, 6.07) is 7.77. The van der Waals surface area contributed by atoms with E-state index in [1.807, 2.05) is 19.1 Å². The Morgan fingerprint density at radius 1 is 1.24 bits per heavy atom. The van der Waals surface area contributed by atoms with E-state index >= 15 is 0 Å². The Morgan fingerprint density at radius 2 is 2.00 bits per heavy atom. The number of aryl methyl sites for hydroxylation is 1. The van der Waals surface area contributed by atoms with Crippen molar-refractivity contribution in [2.75, 3.05) is 0 Å². The van der Waals surface area contributed by atoms with Crippen LogP contribution in [0.5, 0.6) is 0 Å². The third-order valence-corrected chi connectivity index (χ3v) is 3.09. The molecule has 0 spiro atoms. The van der Waals surface area contributed by atoms with Gasteiger partial charge in [0.2, 0.25) is 0 Å². The third kappa shape index (κ3) is 3.02. The van der Waals surface area contributed by atoms with Crippen molar-refractivity contribution in [1.82, 2.24) is 15.0 Å². The van der Waals surface area contributed by atoms with Crippen LogP contribution in [0.3, 0.4) is 0 Å². The van der Waals surface area contributed by atoms with Gasteiger partial charge in [-0.05, 0) is 30.7 Å². The van der Waals surface area contributed by atoms with Gasteiger partial charge in [-0.2, -0.15) is 5.26 Å². The van der Waals surface area contributed by atoms with Crippen LogP contribution in [-0.4, -0.2) is 15.0 Å². The number of pyridine rings is 1. The molecule has 5 heteroatoms. The largest absolute Gasteiger partial charge is 0.259 e. The third-order valence-electron chi connectivity index (χ3n) is 2.09. The van der Waals surface area contributed by atoms with Gasteiger partial charge in [-0.15, -0.1) is 0 Å². The maximum Gasteiger partial charge on any atom is 0.189 e. The SMILES string of the molecule is Cc1ccnc(C(C#N)Sc2ncccn2)c1. The number of nitrogens with zero attached hydrogens (tertiary/aromatic N) is 4. The molecule has 2 rings (SSSR count). The lowest BCUT2D eigenvalue weighted by molar-refractivity contribution is 0.956. The Balaban J connectivity index is 2.21. The van der Waals surface area contributed by atoms with Gasteiger partial charge in [-0.3, -0.25) is 4.98 Å². The Hall–Kier alpha value is -1.93. The summed E-state index contributed by atoms with van der Waals surface area (Å²) in [6.07, 6.45) is 5.03. The van der Waals surface area contributed by atoms with Gasteiger partial charge in [0, 0.05) is 18.6 Å². The zero-order chi connectivity index (χ0) is 12.1. The fraction of sp³-hybridized carbons (Fsp3) is 0.167. The highest BCUT2D eigenvalue weighted by Crippen LogP contribution is 2.31. The average Bonchev–Trinajstić information content (AvgIpc) is 2.37. The van der Waals surface area contributed by atoms with Crippen molar-refractivity contribution < 1.29 is 0 Å². The molecule has 2 aromatic heterocycles. The van der Waals surface area contributed by atoms with E-state index in [-0.39, 0.29) is 5.25 Å². The molecule has 0 aliphatic heterocycles. The van der Waals surface area contributed by atoms with E-state index in [4.69, 9.17) is 5.26 Å². The van der Waals surface area contributed by atoms with E-state index in [9.17, 15) is 0 Å². The lowest BCUT2D eigenvalue weighted by Gasteiger charge is -2.07. The fourth-order valence-corrected chi connectivity index (χ4v) is 2.06. The van der Waals surface area contributed by atoms with Gasteiger partial charge in [-0.1, -0.05) is 11.8 Å². The highest BCUT2D eigenvalue weighted by Gasteiger charge is 2.15. The number of thioether (sulfide) groups is 1. The lowest BCUT2D eigenvalue weighted by Crippen LogP contribution is -1.96. The van der Waals surface area contributed by atoms with Gasteiger partial charge in [0.15, 0.2) is 5.16 Å². The summed E-state index contributed by atoms with van der Waals surface area (Å²) in [5.74, 6) is 0. The van der Waals surface area contributed by atoms with Crippen LogP contribution in [0.2, 0.25) is 0 Å². The van der Waals surface area contributed by atoms with Crippen molar-refractivity contribution in [2.24, 2.45) is 0 Å². The second-order valence-corrected chi connectivity index (χ2v) is 4.49. The molecule has 0 N–H and O–H groups in total. The van der Waals surface area contributed by atoms with Crippen LogP contribution >= 0.6 is 11.8 Å². The quantitative estimate of drug-likeness (QED) is 0.611. The molecule has 0 radical (unpaired) electrons. The molecule has 2 heterocycles. The molecule has 1 atom stereocenters. The number of aromatic nitrogens is 3. The first-order valence-electron chi connectivity index (χ1n) is 5.05. The van der Waals surface area contributed by atoms with Gasteiger partial charge in [0.25, 0.3) is 0 Å². The van der Waals surface area contributed by atoms with Gasteiger partial charge in [0.05, 0.1) is 11.8 Å². The molecule has 0 aliphatic carbocycles. The van der Waals surface area contributed by atoms with Crippen molar-refractivity contribution in [3.63, 3.8) is 0 Å². The molecule has 0 saturated heterocycles. The number of rotatable bonds is 3. The predicted octanol–water partition coefficient (Wildman–Crippen LogP) is 2.54. The van der Waals surface area contributed by atoms with Gasteiger partial charge in [0.1, 0.15) is 5.25 Å². The van der Waals surface area contributed by atoms with Crippen molar-refractivity contribution in [3.8, 4) is 6.07 Å². The van der Waals surface area contributed by atoms with Gasteiger partial charge < -0.3 is 0 Å². The molecule has 84 valence electrons. The average molecular weight is 242 g/mol. The minimum absolute atomic E-state index is 0.378. The first-order valence-corrected chi connectivity index (χ1v) is 5.93. The normalized spacial score (nSPS) is 11.8. The Kier molecular flexibility index (Phi) is 3.68. The summed E-state index contributed by atoms with van der Waals surface area (Å²) in [5.41, 5.74) is 1.83. The van der Waals surface area contributed by atoms with E-state index in [1.165, 1.54) is 11.8 Å². The maximum atomic E-state index is 9.17. The highest BCUT2D eigenvalue weighted by atomic mass is 32.2. The molecule has 0 fully saturated rings. The Labute approximate surface area is 104 Å². The van der Waals surface area contributed by atoms with Crippen molar-refractivity contribution in [1.29, 1.82) is 5.26 Å². The zero-order valence-electron chi connectivity index (χ0n) is 9.24. The van der Waals surface area contributed by atoms with Crippen molar-refractivity contribution in [2.45, 2.75) is 17.3 Å². The van der Waals surface area contributed by atoms with Crippen LogP contribution in [0.4, 0.5) is 0 Å². The first kappa shape index (κ1) is 11.6. The molecule has 0 aliphatic rings. The molecular formula is C12H10N4S. The monoisotopic (exact) mass is 242 g/mol. The fourth-order valence-electron chi connectivity index (χ4n) is 1.31. The zero-order valence-corrected chi connectivity index (χ0v) is 10.1. The smallest absolute Gasteiger partial charge is 0.189 e. The van der Waals surface area contributed by atoms with Crippen molar-refractivity contribution >= 4 is 11.8 Å². The minimum Gasteiger partial charge on any atom is -0.259 e. The first-order chi connectivity index (χ1) is 8.29. The Bertz CT molecular complexity index is 536. The summed E-state index contributed by atoms with van der Waals surface area (Å²) in [6.45, 7) is 1.98. The number of hydrogen-bond acceptors (Lipinski definition) is 5. The highest BCUT2D eigenvalue weighted by molar-refractivity contribution is 7.99. The number of nitriles is 1. The second-order valence-electron chi connectivity index (χ2n) is 3.42. The van der Waals surface area contributed by atoms with E-state index in [1.54, 1.807) is 24.7 Å². The summed E-state index contributed by atoms with van der Waals surface area (Å²) in [7, 11) is 0. The molecule has 1 unspecified atom stereocenters. The molecule has 2 aromatic rings. The molecule has 0 amide bonds. The van der Waals surface area contributed by atoms with E-state index < -0.39 is 0 Å². The molecular weight excluding hydrogens is 232 g/mol. The Morgan fingerprint density at radius 3 is 2.65 bits per heavy atom. The number of hydrogen-bond donors (Lipinski definition) is 0. The van der Waals surface area contributed by atoms with Crippen LogP contribution in [0.25, 0.3) is 0 Å². The summed E-state index contributed by atoms with van der Waals surface area (Å²) < 4.78 is 0. The van der Waals surface area contributed by atoms with Crippen LogP contribution in [0, 0.1) is 18.3 Å². The van der Waals surface area contributed by atoms with E-state index in [0.29, 0.717) is 5.16 Å². The van der Waals surface area contributed by atoms with Gasteiger partial charge in [-0.25, -0.2) is 9.97 Å². The van der Waals surface area contributed by atoms with Crippen LogP contribution in [0.15, 0.2) is 41.9 Å².